The highest BCUT2D eigenvalue weighted by Gasteiger charge is 2.24. The van der Waals surface area contributed by atoms with Crippen LogP contribution in [0.4, 0.5) is 0 Å². The fourth-order valence-corrected chi connectivity index (χ4v) is 3.35. The molecule has 0 aliphatic heterocycles. The Kier molecular flexibility index (Phi) is 4.92. The molecule has 0 bridgehead atoms. The van der Waals surface area contributed by atoms with E-state index in [1.54, 1.807) is 6.92 Å². The number of halogens is 1. The average molecular weight is 353 g/mol. The summed E-state index contributed by atoms with van der Waals surface area (Å²) in [4.78, 5) is 10.8. The Balaban J connectivity index is 1.63. The number of carbonyl (C=O) groups is 1. The Hall–Kier alpha value is -1.53. The summed E-state index contributed by atoms with van der Waals surface area (Å²) in [6.45, 7) is 1.68. The first-order chi connectivity index (χ1) is 11.0. The van der Waals surface area contributed by atoms with E-state index in [4.69, 9.17) is 21.1 Å². The van der Waals surface area contributed by atoms with E-state index >= 15 is 0 Å². The van der Waals surface area contributed by atoms with Crippen molar-refractivity contribution in [2.24, 2.45) is 5.92 Å². The fourth-order valence-electron chi connectivity index (χ4n) is 2.20. The molecule has 1 unspecified atom stereocenters. The molecule has 0 saturated heterocycles. The van der Waals surface area contributed by atoms with Crippen molar-refractivity contribution in [2.75, 3.05) is 5.75 Å². The molecule has 122 valence electrons. The van der Waals surface area contributed by atoms with Gasteiger partial charge in [0, 0.05) is 5.75 Å². The van der Waals surface area contributed by atoms with Gasteiger partial charge >= 0.3 is 5.97 Å². The zero-order valence-corrected chi connectivity index (χ0v) is 14.2. The van der Waals surface area contributed by atoms with Crippen LogP contribution in [0.2, 0.25) is 5.02 Å². The summed E-state index contributed by atoms with van der Waals surface area (Å²) in [6.07, 6.45) is 3.01. The van der Waals surface area contributed by atoms with E-state index < -0.39 is 5.97 Å². The number of carboxylic acids is 1. The van der Waals surface area contributed by atoms with Crippen molar-refractivity contribution in [3.05, 3.63) is 28.8 Å². The second kappa shape index (κ2) is 6.93. The third kappa shape index (κ3) is 4.06. The van der Waals surface area contributed by atoms with Gasteiger partial charge in [-0.3, -0.25) is 4.79 Å². The number of carboxylic acid groups (broad SMARTS) is 1. The number of nitrogens with zero attached hydrogens (tertiary/aromatic N) is 2. The highest BCUT2D eigenvalue weighted by molar-refractivity contribution is 7.99. The molecule has 0 spiro atoms. The third-order valence-corrected chi connectivity index (χ3v) is 5.04. The molecule has 1 aromatic heterocycles. The van der Waals surface area contributed by atoms with Gasteiger partial charge in [0.1, 0.15) is 0 Å². The van der Waals surface area contributed by atoms with Gasteiger partial charge in [0.05, 0.1) is 16.5 Å². The molecular formula is C16H17ClN2O3S. The second-order valence-electron chi connectivity index (χ2n) is 5.76. The molecule has 1 aliphatic rings. The molecule has 1 atom stereocenters. The summed E-state index contributed by atoms with van der Waals surface area (Å²) >= 11 is 7.68. The lowest BCUT2D eigenvalue weighted by atomic mass is 10.1. The Bertz CT molecular complexity index is 715. The number of aromatic nitrogens is 2. The second-order valence-corrected chi connectivity index (χ2v) is 7.22. The topological polar surface area (TPSA) is 76.2 Å². The van der Waals surface area contributed by atoms with Crippen LogP contribution >= 0.6 is 23.4 Å². The Morgan fingerprint density at radius 1 is 1.48 bits per heavy atom. The predicted octanol–water partition coefficient (Wildman–Crippen LogP) is 4.47. The predicted molar refractivity (Wildman–Crippen MR) is 88.9 cm³/mol. The van der Waals surface area contributed by atoms with Crippen LogP contribution in [0, 0.1) is 5.92 Å². The SMILES string of the molecule is CC(CCSc1nnc(-c2ccc(C3CC3)cc2Cl)o1)C(=O)O. The van der Waals surface area contributed by atoms with Crippen molar-refractivity contribution in [1.82, 2.24) is 10.2 Å². The van der Waals surface area contributed by atoms with Crippen LogP contribution in [0.5, 0.6) is 0 Å². The number of rotatable bonds is 7. The quantitative estimate of drug-likeness (QED) is 0.741. The maximum absolute atomic E-state index is 10.8. The van der Waals surface area contributed by atoms with Gasteiger partial charge in [0.2, 0.25) is 5.89 Å². The molecule has 2 aromatic rings. The molecule has 3 rings (SSSR count). The van der Waals surface area contributed by atoms with E-state index in [0.717, 1.165) is 5.56 Å². The molecule has 5 nitrogen and oxygen atoms in total. The first kappa shape index (κ1) is 16.3. The smallest absolute Gasteiger partial charge is 0.306 e. The molecule has 0 radical (unpaired) electrons. The van der Waals surface area contributed by atoms with E-state index in [9.17, 15) is 4.79 Å². The van der Waals surface area contributed by atoms with E-state index in [1.165, 1.54) is 30.2 Å². The average Bonchev–Trinajstić information content (AvgIpc) is 3.27. The monoisotopic (exact) mass is 352 g/mol. The van der Waals surface area contributed by atoms with Crippen LogP contribution in [0.1, 0.15) is 37.7 Å². The summed E-state index contributed by atoms with van der Waals surface area (Å²) in [5.74, 6) is 0.482. The highest BCUT2D eigenvalue weighted by atomic mass is 35.5. The molecular weight excluding hydrogens is 336 g/mol. The zero-order chi connectivity index (χ0) is 16.4. The van der Waals surface area contributed by atoms with Gasteiger partial charge in [-0.1, -0.05) is 36.4 Å². The number of thioether (sulfide) groups is 1. The summed E-state index contributed by atoms with van der Waals surface area (Å²) in [5, 5.41) is 17.9. The highest BCUT2D eigenvalue weighted by Crippen LogP contribution is 2.42. The Labute approximate surface area is 143 Å². The molecule has 7 heteroatoms. The normalized spacial score (nSPS) is 15.6. The Morgan fingerprint density at radius 2 is 2.26 bits per heavy atom. The van der Waals surface area contributed by atoms with Crippen LogP contribution in [0.25, 0.3) is 11.5 Å². The van der Waals surface area contributed by atoms with Gasteiger partial charge in [0.15, 0.2) is 0 Å². The Morgan fingerprint density at radius 3 is 2.91 bits per heavy atom. The van der Waals surface area contributed by atoms with Gasteiger partial charge < -0.3 is 9.52 Å². The lowest BCUT2D eigenvalue weighted by molar-refractivity contribution is -0.141. The molecule has 0 amide bonds. The van der Waals surface area contributed by atoms with E-state index in [1.807, 2.05) is 12.1 Å². The first-order valence-electron chi connectivity index (χ1n) is 7.53. The zero-order valence-electron chi connectivity index (χ0n) is 12.7. The third-order valence-electron chi connectivity index (χ3n) is 3.88. The minimum Gasteiger partial charge on any atom is -0.481 e. The number of hydrogen-bond acceptors (Lipinski definition) is 5. The van der Waals surface area contributed by atoms with Crippen LogP contribution in [0.15, 0.2) is 27.8 Å². The van der Waals surface area contributed by atoms with Crippen molar-refractivity contribution < 1.29 is 14.3 Å². The summed E-state index contributed by atoms with van der Waals surface area (Å²) < 4.78 is 5.62. The number of hydrogen-bond donors (Lipinski definition) is 1. The number of aliphatic carboxylic acids is 1. The summed E-state index contributed by atoms with van der Waals surface area (Å²) in [5.41, 5.74) is 1.99. The molecule has 23 heavy (non-hydrogen) atoms. The van der Waals surface area contributed by atoms with Gasteiger partial charge in [-0.25, -0.2) is 0 Å². The van der Waals surface area contributed by atoms with Crippen LogP contribution in [-0.4, -0.2) is 27.0 Å². The molecule has 1 fully saturated rings. The lowest BCUT2D eigenvalue weighted by Crippen LogP contribution is -2.09. The van der Waals surface area contributed by atoms with Crippen molar-refractivity contribution in [3.8, 4) is 11.5 Å². The van der Waals surface area contributed by atoms with Crippen LogP contribution in [-0.2, 0) is 4.79 Å². The maximum Gasteiger partial charge on any atom is 0.306 e. The van der Waals surface area contributed by atoms with E-state index in [2.05, 4.69) is 16.3 Å². The lowest BCUT2D eigenvalue weighted by Gasteiger charge is -2.03. The van der Waals surface area contributed by atoms with E-state index in [-0.39, 0.29) is 5.92 Å². The van der Waals surface area contributed by atoms with Crippen molar-refractivity contribution >= 4 is 29.3 Å². The van der Waals surface area contributed by atoms with Crippen molar-refractivity contribution in [3.63, 3.8) is 0 Å². The van der Waals surface area contributed by atoms with Crippen LogP contribution in [0.3, 0.4) is 0 Å². The maximum atomic E-state index is 10.8. The first-order valence-corrected chi connectivity index (χ1v) is 8.90. The van der Waals surface area contributed by atoms with E-state index in [0.29, 0.717) is 34.2 Å². The van der Waals surface area contributed by atoms with Gasteiger partial charge in [-0.2, -0.15) is 0 Å². The molecule has 1 N–H and O–H groups in total. The van der Waals surface area contributed by atoms with Gasteiger partial charge in [0.25, 0.3) is 5.22 Å². The van der Waals surface area contributed by atoms with Crippen molar-refractivity contribution in [1.29, 1.82) is 0 Å². The van der Waals surface area contributed by atoms with Crippen LogP contribution < -0.4 is 0 Å². The molecule has 1 heterocycles. The standard InChI is InChI=1S/C16H17ClN2O3S/c1-9(15(20)21)6-7-23-16-19-18-14(22-16)12-5-4-11(8-13(12)17)10-2-3-10/h4-5,8-10H,2-3,6-7H2,1H3,(H,20,21). The largest absolute Gasteiger partial charge is 0.481 e. The fraction of sp³-hybridized carbons (Fsp3) is 0.438. The minimum absolute atomic E-state index is 0.380. The molecule has 1 aromatic carbocycles. The minimum atomic E-state index is -0.792. The van der Waals surface area contributed by atoms with Gasteiger partial charge in [-0.15, -0.1) is 10.2 Å². The summed E-state index contributed by atoms with van der Waals surface area (Å²) in [6, 6.07) is 5.95. The summed E-state index contributed by atoms with van der Waals surface area (Å²) in [7, 11) is 0. The number of benzene rings is 1. The molecule has 1 aliphatic carbocycles. The van der Waals surface area contributed by atoms with Crippen molar-refractivity contribution in [2.45, 2.75) is 37.3 Å². The molecule has 1 saturated carbocycles. The van der Waals surface area contributed by atoms with Gasteiger partial charge in [-0.05, 0) is 42.9 Å².